The zero-order valence-corrected chi connectivity index (χ0v) is 9.19. The third kappa shape index (κ3) is 2.94. The molecule has 0 radical (unpaired) electrons. The van der Waals surface area contributed by atoms with Gasteiger partial charge in [0.2, 0.25) is 0 Å². The molecule has 0 N–H and O–H groups in total. The second kappa shape index (κ2) is 4.77. The van der Waals surface area contributed by atoms with Crippen molar-refractivity contribution < 1.29 is 9.66 Å². The molecule has 0 amide bonds. The number of nitro benzene ring substituents is 1. The van der Waals surface area contributed by atoms with Crippen molar-refractivity contribution in [3.05, 3.63) is 33.9 Å². The Kier molecular flexibility index (Phi) is 3.66. The highest BCUT2D eigenvalue weighted by Crippen LogP contribution is 2.30. The highest BCUT2D eigenvalue weighted by molar-refractivity contribution is 5.51. The van der Waals surface area contributed by atoms with Gasteiger partial charge in [0.25, 0.3) is 0 Å². The van der Waals surface area contributed by atoms with E-state index in [1.807, 2.05) is 26.8 Å². The number of ether oxygens (including phenoxy) is 1. The van der Waals surface area contributed by atoms with Crippen molar-refractivity contribution in [3.63, 3.8) is 0 Å². The summed E-state index contributed by atoms with van der Waals surface area (Å²) in [5.41, 5.74) is 0.834. The van der Waals surface area contributed by atoms with Crippen molar-refractivity contribution in [1.29, 1.82) is 0 Å². The van der Waals surface area contributed by atoms with Gasteiger partial charge in [-0.1, -0.05) is 26.0 Å². The molecule has 0 aliphatic rings. The van der Waals surface area contributed by atoms with Crippen molar-refractivity contribution in [3.8, 4) is 5.75 Å². The number of para-hydroxylation sites is 1. The summed E-state index contributed by atoms with van der Waals surface area (Å²) in [6, 6.07) is 4.93. The van der Waals surface area contributed by atoms with Crippen LogP contribution in [0.1, 0.15) is 19.4 Å². The standard InChI is InChI=1S/C11H15NO3/c1-8(2)7-15-11-9(3)5-4-6-10(11)12(13)14/h4-6,8H,7H2,1-3H3. The smallest absolute Gasteiger partial charge is 0.311 e. The van der Waals surface area contributed by atoms with Crippen LogP contribution in [0.4, 0.5) is 5.69 Å². The molecule has 4 nitrogen and oxygen atoms in total. The average molecular weight is 209 g/mol. The van der Waals surface area contributed by atoms with E-state index in [9.17, 15) is 10.1 Å². The summed E-state index contributed by atoms with van der Waals surface area (Å²) >= 11 is 0. The summed E-state index contributed by atoms with van der Waals surface area (Å²) in [5.74, 6) is 0.736. The Hall–Kier alpha value is -1.58. The molecular weight excluding hydrogens is 194 g/mol. The SMILES string of the molecule is Cc1cccc([N+](=O)[O-])c1OCC(C)C. The molecule has 0 spiro atoms. The monoisotopic (exact) mass is 209 g/mol. The first-order valence-electron chi connectivity index (χ1n) is 4.89. The second-order valence-electron chi connectivity index (χ2n) is 3.89. The first kappa shape index (κ1) is 11.5. The third-order valence-electron chi connectivity index (χ3n) is 1.95. The number of hydrogen-bond donors (Lipinski definition) is 0. The number of hydrogen-bond acceptors (Lipinski definition) is 3. The molecule has 0 aliphatic carbocycles. The summed E-state index contributed by atoms with van der Waals surface area (Å²) in [6.45, 7) is 6.31. The molecule has 0 fully saturated rings. The lowest BCUT2D eigenvalue weighted by molar-refractivity contribution is -0.386. The molecule has 0 atom stereocenters. The van der Waals surface area contributed by atoms with Gasteiger partial charge in [0.1, 0.15) is 0 Å². The van der Waals surface area contributed by atoms with Gasteiger partial charge in [-0.2, -0.15) is 0 Å². The van der Waals surface area contributed by atoms with Crippen molar-refractivity contribution in [2.75, 3.05) is 6.61 Å². The van der Waals surface area contributed by atoms with Gasteiger partial charge in [0.05, 0.1) is 11.5 Å². The van der Waals surface area contributed by atoms with E-state index in [1.165, 1.54) is 6.07 Å². The van der Waals surface area contributed by atoms with Crippen LogP contribution >= 0.6 is 0 Å². The maximum Gasteiger partial charge on any atom is 0.311 e. The van der Waals surface area contributed by atoms with E-state index in [1.54, 1.807) is 6.07 Å². The first-order chi connectivity index (χ1) is 7.02. The first-order valence-corrected chi connectivity index (χ1v) is 4.89. The molecule has 82 valence electrons. The molecule has 0 unspecified atom stereocenters. The van der Waals surface area contributed by atoms with Gasteiger partial charge < -0.3 is 4.74 Å². The average Bonchev–Trinajstić information content (AvgIpc) is 2.15. The Morgan fingerprint density at radius 3 is 2.67 bits per heavy atom. The van der Waals surface area contributed by atoms with Crippen LogP contribution in [-0.2, 0) is 0 Å². The molecule has 1 aromatic rings. The minimum atomic E-state index is -0.414. The van der Waals surface area contributed by atoms with Crippen LogP contribution in [0.2, 0.25) is 0 Å². The maximum atomic E-state index is 10.7. The van der Waals surface area contributed by atoms with E-state index in [2.05, 4.69) is 0 Å². The highest BCUT2D eigenvalue weighted by Gasteiger charge is 2.16. The molecule has 0 saturated carbocycles. The van der Waals surface area contributed by atoms with Crippen LogP contribution < -0.4 is 4.74 Å². The second-order valence-corrected chi connectivity index (χ2v) is 3.89. The molecule has 0 bridgehead atoms. The molecule has 1 aromatic carbocycles. The quantitative estimate of drug-likeness (QED) is 0.566. The molecule has 0 saturated heterocycles. The summed E-state index contributed by atoms with van der Waals surface area (Å²) < 4.78 is 5.45. The zero-order valence-electron chi connectivity index (χ0n) is 9.19. The van der Waals surface area contributed by atoms with Crippen LogP contribution in [0.5, 0.6) is 5.75 Å². The maximum absolute atomic E-state index is 10.7. The lowest BCUT2D eigenvalue weighted by atomic mass is 10.2. The predicted octanol–water partition coefficient (Wildman–Crippen LogP) is 2.94. The van der Waals surface area contributed by atoms with Crippen molar-refractivity contribution in [1.82, 2.24) is 0 Å². The number of nitrogens with zero attached hydrogens (tertiary/aromatic N) is 1. The fraction of sp³-hybridized carbons (Fsp3) is 0.455. The molecule has 0 aromatic heterocycles. The van der Waals surface area contributed by atoms with Gasteiger partial charge in [-0.3, -0.25) is 10.1 Å². The van der Waals surface area contributed by atoms with Gasteiger partial charge in [-0.25, -0.2) is 0 Å². The van der Waals surface area contributed by atoms with Crippen molar-refractivity contribution >= 4 is 5.69 Å². The van der Waals surface area contributed by atoms with Gasteiger partial charge >= 0.3 is 5.69 Å². The van der Waals surface area contributed by atoms with Crippen LogP contribution in [0.25, 0.3) is 0 Å². The Morgan fingerprint density at radius 1 is 1.47 bits per heavy atom. The number of benzene rings is 1. The summed E-state index contributed by atoms with van der Waals surface area (Å²) in [4.78, 5) is 10.3. The topological polar surface area (TPSA) is 52.4 Å². The van der Waals surface area contributed by atoms with E-state index in [0.717, 1.165) is 5.56 Å². The van der Waals surface area contributed by atoms with Crippen LogP contribution in [-0.4, -0.2) is 11.5 Å². The van der Waals surface area contributed by atoms with Crippen LogP contribution in [0, 0.1) is 23.0 Å². The van der Waals surface area contributed by atoms with Gasteiger partial charge in [0, 0.05) is 6.07 Å². The molecular formula is C11H15NO3. The Morgan fingerprint density at radius 2 is 2.13 bits per heavy atom. The fourth-order valence-electron chi connectivity index (χ4n) is 1.22. The summed E-state index contributed by atoms with van der Waals surface area (Å²) in [7, 11) is 0. The summed E-state index contributed by atoms with van der Waals surface area (Å²) in [6.07, 6.45) is 0. The zero-order chi connectivity index (χ0) is 11.4. The molecule has 15 heavy (non-hydrogen) atoms. The van der Waals surface area contributed by atoms with E-state index in [-0.39, 0.29) is 5.69 Å². The van der Waals surface area contributed by atoms with Crippen LogP contribution in [0.15, 0.2) is 18.2 Å². The van der Waals surface area contributed by atoms with Crippen molar-refractivity contribution in [2.24, 2.45) is 5.92 Å². The molecule has 0 aliphatic heterocycles. The van der Waals surface area contributed by atoms with E-state index < -0.39 is 4.92 Å². The van der Waals surface area contributed by atoms with E-state index in [0.29, 0.717) is 18.3 Å². The number of rotatable bonds is 4. The van der Waals surface area contributed by atoms with Gasteiger partial charge in [-0.05, 0) is 18.4 Å². The Bertz CT molecular complexity index is 361. The van der Waals surface area contributed by atoms with Gasteiger partial charge in [-0.15, -0.1) is 0 Å². The third-order valence-corrected chi connectivity index (χ3v) is 1.95. The Balaban J connectivity index is 2.97. The van der Waals surface area contributed by atoms with E-state index >= 15 is 0 Å². The lowest BCUT2D eigenvalue weighted by Gasteiger charge is -2.10. The normalized spacial score (nSPS) is 10.4. The fourth-order valence-corrected chi connectivity index (χ4v) is 1.22. The largest absolute Gasteiger partial charge is 0.486 e. The Labute approximate surface area is 89.0 Å². The highest BCUT2D eigenvalue weighted by atomic mass is 16.6. The lowest BCUT2D eigenvalue weighted by Crippen LogP contribution is -2.07. The van der Waals surface area contributed by atoms with E-state index in [4.69, 9.17) is 4.74 Å². The number of aryl methyl sites for hydroxylation is 1. The molecule has 0 heterocycles. The summed E-state index contributed by atoms with van der Waals surface area (Å²) in [5, 5.41) is 10.7. The number of nitro groups is 1. The van der Waals surface area contributed by atoms with Crippen LogP contribution in [0.3, 0.4) is 0 Å². The minimum Gasteiger partial charge on any atom is -0.486 e. The predicted molar refractivity (Wildman–Crippen MR) is 58.2 cm³/mol. The van der Waals surface area contributed by atoms with Crippen molar-refractivity contribution in [2.45, 2.75) is 20.8 Å². The van der Waals surface area contributed by atoms with Gasteiger partial charge in [0.15, 0.2) is 5.75 Å². The minimum absolute atomic E-state index is 0.0376. The molecule has 4 heteroatoms. The molecule has 1 rings (SSSR count).